The number of nitrogens with one attached hydrogen (secondary N) is 1. The molecule has 0 saturated carbocycles. The number of nitriles is 1. The monoisotopic (exact) mass is 321 g/mol. The predicted octanol–water partition coefficient (Wildman–Crippen LogP) is 2.43. The number of benzene rings is 1. The first kappa shape index (κ1) is 13.9. The molecule has 1 aromatic carbocycles. The van der Waals surface area contributed by atoms with E-state index in [1.165, 1.54) is 0 Å². The molecule has 4 nitrogen and oxygen atoms in total. The summed E-state index contributed by atoms with van der Waals surface area (Å²) in [4.78, 5) is 13.2. The summed E-state index contributed by atoms with van der Waals surface area (Å²) >= 11 is 3.41. The summed E-state index contributed by atoms with van der Waals surface area (Å²) < 4.78 is 0.830. The van der Waals surface area contributed by atoms with Crippen LogP contribution in [0.3, 0.4) is 0 Å². The van der Waals surface area contributed by atoms with E-state index < -0.39 is 0 Å². The second-order valence-electron chi connectivity index (χ2n) is 4.71. The molecule has 1 saturated heterocycles. The Hall–Kier alpha value is -1.54. The molecule has 0 radical (unpaired) electrons. The zero-order chi connectivity index (χ0) is 13.8. The first-order valence-electron chi connectivity index (χ1n) is 6.32. The number of hydrogen-bond acceptors (Lipinski definition) is 3. The smallest absolute Gasteiger partial charge is 0.217 e. The van der Waals surface area contributed by atoms with Crippen LogP contribution in [0.1, 0.15) is 25.3 Å². The third-order valence-electron chi connectivity index (χ3n) is 3.35. The number of hydrogen-bond donors (Lipinski definition) is 1. The van der Waals surface area contributed by atoms with Crippen molar-refractivity contribution in [1.29, 1.82) is 5.26 Å². The number of carbonyl (C=O) groups is 1. The molecule has 1 aliphatic rings. The van der Waals surface area contributed by atoms with Crippen molar-refractivity contribution in [2.24, 2.45) is 0 Å². The van der Waals surface area contributed by atoms with Gasteiger partial charge in [-0.3, -0.25) is 4.79 Å². The SMILES string of the molecule is CC(=O)NC1CCN(c2cccc(Br)c2C#N)CC1. The number of piperidine rings is 1. The molecule has 1 N–H and O–H groups in total. The number of halogens is 1. The van der Waals surface area contributed by atoms with Crippen molar-refractivity contribution in [1.82, 2.24) is 5.32 Å². The minimum atomic E-state index is 0.0265. The Labute approximate surface area is 121 Å². The first-order valence-corrected chi connectivity index (χ1v) is 7.11. The largest absolute Gasteiger partial charge is 0.370 e. The molecular formula is C14H16BrN3O. The minimum Gasteiger partial charge on any atom is -0.370 e. The molecule has 0 aliphatic carbocycles. The van der Waals surface area contributed by atoms with Crippen molar-refractivity contribution in [3.05, 3.63) is 28.2 Å². The summed E-state index contributed by atoms with van der Waals surface area (Å²) in [6, 6.07) is 8.30. The number of nitrogens with zero attached hydrogens (tertiary/aromatic N) is 2. The van der Waals surface area contributed by atoms with E-state index in [0.29, 0.717) is 5.56 Å². The molecule has 5 heteroatoms. The van der Waals surface area contributed by atoms with E-state index in [4.69, 9.17) is 0 Å². The number of rotatable bonds is 2. The maximum absolute atomic E-state index is 11.0. The minimum absolute atomic E-state index is 0.0265. The van der Waals surface area contributed by atoms with Crippen molar-refractivity contribution in [3.63, 3.8) is 0 Å². The standard InChI is InChI=1S/C14H16BrN3O/c1-10(19)17-11-5-7-18(8-6-11)14-4-2-3-13(15)12(14)9-16/h2-4,11H,5-8H2,1H3,(H,17,19). The number of anilines is 1. The van der Waals surface area contributed by atoms with Crippen molar-refractivity contribution in [2.75, 3.05) is 18.0 Å². The quantitative estimate of drug-likeness (QED) is 0.910. The second kappa shape index (κ2) is 6.07. The van der Waals surface area contributed by atoms with E-state index in [1.807, 2.05) is 18.2 Å². The zero-order valence-corrected chi connectivity index (χ0v) is 12.4. The average Bonchev–Trinajstić information content (AvgIpc) is 2.38. The van der Waals surface area contributed by atoms with Gasteiger partial charge in [-0.1, -0.05) is 6.07 Å². The van der Waals surface area contributed by atoms with Crippen LogP contribution in [0.5, 0.6) is 0 Å². The Balaban J connectivity index is 2.08. The van der Waals surface area contributed by atoms with Crippen LogP contribution in [0.2, 0.25) is 0 Å². The van der Waals surface area contributed by atoms with E-state index >= 15 is 0 Å². The maximum Gasteiger partial charge on any atom is 0.217 e. The summed E-state index contributed by atoms with van der Waals surface area (Å²) in [5.74, 6) is 0.0265. The molecule has 1 aromatic rings. The van der Waals surface area contributed by atoms with Crippen molar-refractivity contribution >= 4 is 27.5 Å². The lowest BCUT2D eigenvalue weighted by Gasteiger charge is -2.34. The van der Waals surface area contributed by atoms with Gasteiger partial charge >= 0.3 is 0 Å². The van der Waals surface area contributed by atoms with Crippen LogP contribution in [0.15, 0.2) is 22.7 Å². The molecule has 1 fully saturated rings. The Bertz CT molecular complexity index is 516. The Morgan fingerprint density at radius 3 is 2.74 bits per heavy atom. The average molecular weight is 322 g/mol. The van der Waals surface area contributed by atoms with Crippen molar-refractivity contribution in [3.8, 4) is 6.07 Å². The van der Waals surface area contributed by atoms with Gasteiger partial charge in [0.25, 0.3) is 0 Å². The highest BCUT2D eigenvalue weighted by atomic mass is 79.9. The van der Waals surface area contributed by atoms with Gasteiger partial charge in [-0.2, -0.15) is 5.26 Å². The van der Waals surface area contributed by atoms with Gasteiger partial charge in [-0.25, -0.2) is 0 Å². The molecule has 1 aliphatic heterocycles. The molecule has 1 heterocycles. The molecule has 0 unspecified atom stereocenters. The summed E-state index contributed by atoms with van der Waals surface area (Å²) in [6.45, 7) is 3.26. The lowest BCUT2D eigenvalue weighted by atomic mass is 10.0. The van der Waals surface area contributed by atoms with Crippen LogP contribution in [-0.2, 0) is 4.79 Å². The second-order valence-corrected chi connectivity index (χ2v) is 5.56. The highest BCUT2D eigenvalue weighted by Crippen LogP contribution is 2.29. The summed E-state index contributed by atoms with van der Waals surface area (Å²) in [5.41, 5.74) is 1.65. The van der Waals surface area contributed by atoms with E-state index in [-0.39, 0.29) is 11.9 Å². The molecule has 1 amide bonds. The van der Waals surface area contributed by atoms with E-state index in [0.717, 1.165) is 36.1 Å². The molecule has 100 valence electrons. The van der Waals surface area contributed by atoms with Crippen LogP contribution >= 0.6 is 15.9 Å². The van der Waals surface area contributed by atoms with Gasteiger partial charge in [0.05, 0.1) is 11.3 Å². The fourth-order valence-electron chi connectivity index (χ4n) is 2.44. The summed E-state index contributed by atoms with van der Waals surface area (Å²) in [6.07, 6.45) is 1.83. The maximum atomic E-state index is 11.0. The van der Waals surface area contributed by atoms with Gasteiger partial charge in [-0.05, 0) is 40.9 Å². The number of amides is 1. The van der Waals surface area contributed by atoms with Crippen LogP contribution in [0.25, 0.3) is 0 Å². The van der Waals surface area contributed by atoms with Gasteiger partial charge in [-0.15, -0.1) is 0 Å². The van der Waals surface area contributed by atoms with Gasteiger partial charge in [0.2, 0.25) is 5.91 Å². The molecular weight excluding hydrogens is 306 g/mol. The fourth-order valence-corrected chi connectivity index (χ4v) is 2.88. The zero-order valence-electron chi connectivity index (χ0n) is 10.8. The normalized spacial score (nSPS) is 15.9. The van der Waals surface area contributed by atoms with Crippen LogP contribution in [0.4, 0.5) is 5.69 Å². The highest BCUT2D eigenvalue weighted by Gasteiger charge is 2.22. The summed E-state index contributed by atoms with van der Waals surface area (Å²) in [7, 11) is 0. The Morgan fingerprint density at radius 2 is 2.16 bits per heavy atom. The lowest BCUT2D eigenvalue weighted by Crippen LogP contribution is -2.44. The molecule has 2 rings (SSSR count). The molecule has 0 atom stereocenters. The highest BCUT2D eigenvalue weighted by molar-refractivity contribution is 9.10. The molecule has 0 spiro atoms. The van der Waals surface area contributed by atoms with Crippen molar-refractivity contribution in [2.45, 2.75) is 25.8 Å². The Kier molecular flexibility index (Phi) is 4.43. The first-order chi connectivity index (χ1) is 9.11. The van der Waals surface area contributed by atoms with Crippen molar-refractivity contribution < 1.29 is 4.79 Å². The van der Waals surface area contributed by atoms with Crippen LogP contribution < -0.4 is 10.2 Å². The molecule has 0 bridgehead atoms. The van der Waals surface area contributed by atoms with Gasteiger partial charge in [0.1, 0.15) is 6.07 Å². The predicted molar refractivity (Wildman–Crippen MR) is 77.9 cm³/mol. The summed E-state index contributed by atoms with van der Waals surface area (Å²) in [5, 5.41) is 12.2. The number of carbonyl (C=O) groups excluding carboxylic acids is 1. The van der Waals surface area contributed by atoms with E-state index in [9.17, 15) is 10.1 Å². The lowest BCUT2D eigenvalue weighted by molar-refractivity contribution is -0.119. The Morgan fingerprint density at radius 1 is 1.47 bits per heavy atom. The fraction of sp³-hybridized carbons (Fsp3) is 0.429. The third kappa shape index (κ3) is 3.27. The van der Waals surface area contributed by atoms with Crippen LogP contribution in [0, 0.1) is 11.3 Å². The van der Waals surface area contributed by atoms with Gasteiger partial charge < -0.3 is 10.2 Å². The molecule has 19 heavy (non-hydrogen) atoms. The topological polar surface area (TPSA) is 56.1 Å². The van der Waals surface area contributed by atoms with Gasteiger partial charge in [0, 0.05) is 30.5 Å². The van der Waals surface area contributed by atoms with E-state index in [2.05, 4.69) is 32.2 Å². The van der Waals surface area contributed by atoms with Gasteiger partial charge in [0.15, 0.2) is 0 Å². The molecule has 0 aromatic heterocycles. The van der Waals surface area contributed by atoms with Crippen LogP contribution in [-0.4, -0.2) is 25.0 Å². The third-order valence-corrected chi connectivity index (χ3v) is 4.01. The van der Waals surface area contributed by atoms with E-state index in [1.54, 1.807) is 6.92 Å².